The van der Waals surface area contributed by atoms with Crippen LogP contribution >= 0.6 is 12.4 Å². The van der Waals surface area contributed by atoms with Gasteiger partial charge in [0.2, 0.25) is 0 Å². The zero-order valence-corrected chi connectivity index (χ0v) is 17.2. The highest BCUT2D eigenvalue weighted by Crippen LogP contribution is 2.26. The number of pyridine rings is 1. The van der Waals surface area contributed by atoms with Gasteiger partial charge < -0.3 is 14.9 Å². The summed E-state index contributed by atoms with van der Waals surface area (Å²) in [7, 11) is 0. The fourth-order valence-electron chi connectivity index (χ4n) is 3.54. The van der Waals surface area contributed by atoms with Crippen molar-refractivity contribution in [2.45, 2.75) is 44.9 Å². The van der Waals surface area contributed by atoms with E-state index in [9.17, 15) is 5.11 Å². The number of rotatable bonds is 8. The minimum Gasteiger partial charge on any atom is -0.387 e. The SMILES string of the molecule is C[C@H](CCCC(O)c1noc2ccccc12)NCc1ccc2cnccc2c1.Cl. The van der Waals surface area contributed by atoms with Crippen LogP contribution in [0.2, 0.25) is 0 Å². The summed E-state index contributed by atoms with van der Waals surface area (Å²) in [5.74, 6) is 0. The fourth-order valence-corrected chi connectivity index (χ4v) is 3.54. The molecular formula is C23H26ClN3O2. The van der Waals surface area contributed by atoms with Crippen LogP contribution in [-0.4, -0.2) is 21.3 Å². The van der Waals surface area contributed by atoms with Crippen LogP contribution in [0, 0.1) is 0 Å². The van der Waals surface area contributed by atoms with Gasteiger partial charge in [-0.05, 0) is 61.4 Å². The summed E-state index contributed by atoms with van der Waals surface area (Å²) in [6, 6.07) is 16.5. The topological polar surface area (TPSA) is 71.2 Å². The second kappa shape index (κ2) is 9.83. The van der Waals surface area contributed by atoms with Gasteiger partial charge in [-0.25, -0.2) is 0 Å². The molecule has 0 amide bonds. The second-order valence-corrected chi connectivity index (χ2v) is 7.35. The van der Waals surface area contributed by atoms with E-state index in [2.05, 4.69) is 40.6 Å². The van der Waals surface area contributed by atoms with Crippen molar-refractivity contribution < 1.29 is 9.63 Å². The molecule has 5 nitrogen and oxygen atoms in total. The van der Waals surface area contributed by atoms with Crippen molar-refractivity contribution in [2.75, 3.05) is 0 Å². The lowest BCUT2D eigenvalue weighted by atomic mass is 10.0. The summed E-state index contributed by atoms with van der Waals surface area (Å²) in [6.07, 6.45) is 5.70. The zero-order valence-electron chi connectivity index (χ0n) is 16.4. The molecule has 152 valence electrons. The van der Waals surface area contributed by atoms with Gasteiger partial charge in [0.1, 0.15) is 11.8 Å². The molecule has 0 aliphatic carbocycles. The van der Waals surface area contributed by atoms with Gasteiger partial charge >= 0.3 is 0 Å². The van der Waals surface area contributed by atoms with Gasteiger partial charge in [0.25, 0.3) is 0 Å². The summed E-state index contributed by atoms with van der Waals surface area (Å²) in [5.41, 5.74) is 2.62. The molecule has 1 unspecified atom stereocenters. The molecule has 0 fully saturated rings. The first-order chi connectivity index (χ1) is 13.7. The number of nitrogens with zero attached hydrogens (tertiary/aromatic N) is 2. The average molecular weight is 412 g/mol. The number of fused-ring (bicyclic) bond motifs is 2. The van der Waals surface area contributed by atoms with E-state index in [4.69, 9.17) is 4.52 Å². The van der Waals surface area contributed by atoms with Crippen LogP contribution in [0.4, 0.5) is 0 Å². The van der Waals surface area contributed by atoms with E-state index in [0.717, 1.165) is 35.7 Å². The Morgan fingerprint density at radius 1 is 1.07 bits per heavy atom. The third-order valence-corrected chi connectivity index (χ3v) is 5.20. The molecule has 29 heavy (non-hydrogen) atoms. The molecule has 0 bridgehead atoms. The van der Waals surface area contributed by atoms with Crippen molar-refractivity contribution in [1.29, 1.82) is 0 Å². The summed E-state index contributed by atoms with van der Waals surface area (Å²) < 4.78 is 5.29. The standard InChI is InChI=1S/C23H25N3O2.ClH/c1-16(25-14-17-9-10-19-15-24-12-11-18(19)13-17)5-4-7-21(27)23-20-6-2-3-8-22(20)28-26-23;/h2-3,6,8-13,15-16,21,25,27H,4-5,7,14H2,1H3;1H/t16-,21?;/m1./s1. The van der Waals surface area contributed by atoms with Gasteiger partial charge in [-0.3, -0.25) is 4.98 Å². The predicted molar refractivity (Wildman–Crippen MR) is 118 cm³/mol. The lowest BCUT2D eigenvalue weighted by Gasteiger charge is -2.15. The van der Waals surface area contributed by atoms with E-state index < -0.39 is 6.10 Å². The number of halogens is 1. The molecule has 4 rings (SSSR count). The fraction of sp³-hybridized carbons (Fsp3) is 0.304. The molecule has 0 saturated heterocycles. The van der Waals surface area contributed by atoms with Gasteiger partial charge in [0.05, 0.1) is 0 Å². The predicted octanol–water partition coefficient (Wildman–Crippen LogP) is 5.18. The molecule has 2 N–H and O–H groups in total. The van der Waals surface area contributed by atoms with E-state index in [0.29, 0.717) is 18.2 Å². The molecule has 0 aliphatic rings. The highest BCUT2D eigenvalue weighted by molar-refractivity contribution is 5.85. The maximum Gasteiger partial charge on any atom is 0.167 e. The lowest BCUT2D eigenvalue weighted by molar-refractivity contribution is 0.154. The van der Waals surface area contributed by atoms with Crippen molar-refractivity contribution in [3.05, 3.63) is 72.2 Å². The maximum absolute atomic E-state index is 10.5. The molecule has 2 heterocycles. The van der Waals surface area contributed by atoms with E-state index in [1.807, 2.05) is 42.7 Å². The Kier molecular flexibility index (Phi) is 7.20. The summed E-state index contributed by atoms with van der Waals surface area (Å²) in [6.45, 7) is 3.01. The number of benzene rings is 2. The Labute approximate surface area is 176 Å². The van der Waals surface area contributed by atoms with Gasteiger partial charge in [-0.15, -0.1) is 12.4 Å². The van der Waals surface area contributed by atoms with Crippen LogP contribution < -0.4 is 5.32 Å². The molecule has 4 aromatic rings. The minimum atomic E-state index is -0.593. The van der Waals surface area contributed by atoms with Crippen molar-refractivity contribution in [3.63, 3.8) is 0 Å². The number of nitrogens with one attached hydrogen (secondary N) is 1. The molecule has 0 spiro atoms. The number of hydrogen-bond acceptors (Lipinski definition) is 5. The Morgan fingerprint density at radius 2 is 1.93 bits per heavy atom. The number of aromatic nitrogens is 2. The van der Waals surface area contributed by atoms with Gasteiger partial charge in [0.15, 0.2) is 5.58 Å². The van der Waals surface area contributed by atoms with Gasteiger partial charge in [-0.2, -0.15) is 0 Å². The molecular weight excluding hydrogens is 386 g/mol. The van der Waals surface area contributed by atoms with Crippen LogP contribution in [0.1, 0.15) is 43.5 Å². The monoisotopic (exact) mass is 411 g/mol. The molecule has 2 aromatic heterocycles. The third-order valence-electron chi connectivity index (χ3n) is 5.20. The van der Waals surface area contributed by atoms with E-state index in [1.54, 1.807) is 0 Å². The first kappa shape index (κ1) is 21.2. The number of aliphatic hydroxyl groups is 1. The minimum absolute atomic E-state index is 0. The molecule has 0 aliphatic heterocycles. The molecule has 2 atom stereocenters. The molecule has 0 saturated carbocycles. The van der Waals surface area contributed by atoms with Crippen molar-refractivity contribution in [1.82, 2.24) is 15.5 Å². The van der Waals surface area contributed by atoms with Crippen LogP contribution in [0.25, 0.3) is 21.7 Å². The normalized spacial score (nSPS) is 13.3. The third kappa shape index (κ3) is 5.12. The van der Waals surface area contributed by atoms with E-state index in [-0.39, 0.29) is 12.4 Å². The number of hydrogen-bond donors (Lipinski definition) is 2. The lowest BCUT2D eigenvalue weighted by Crippen LogP contribution is -2.25. The molecule has 6 heteroatoms. The number of para-hydroxylation sites is 1. The highest BCUT2D eigenvalue weighted by Gasteiger charge is 2.16. The summed E-state index contributed by atoms with van der Waals surface area (Å²) >= 11 is 0. The number of aliphatic hydroxyl groups excluding tert-OH is 1. The smallest absolute Gasteiger partial charge is 0.167 e. The van der Waals surface area contributed by atoms with Gasteiger partial charge in [-0.1, -0.05) is 29.4 Å². The zero-order chi connectivity index (χ0) is 19.3. The van der Waals surface area contributed by atoms with Crippen LogP contribution in [0.3, 0.4) is 0 Å². The molecule has 0 radical (unpaired) electrons. The van der Waals surface area contributed by atoms with Crippen molar-refractivity contribution in [2.24, 2.45) is 0 Å². The summed E-state index contributed by atoms with van der Waals surface area (Å²) in [5, 5.41) is 21.4. The average Bonchev–Trinajstić information content (AvgIpc) is 3.16. The second-order valence-electron chi connectivity index (χ2n) is 7.35. The Hall–Kier alpha value is -2.47. The largest absolute Gasteiger partial charge is 0.387 e. The highest BCUT2D eigenvalue weighted by atomic mass is 35.5. The quantitative estimate of drug-likeness (QED) is 0.418. The van der Waals surface area contributed by atoms with Crippen LogP contribution in [-0.2, 0) is 6.54 Å². The first-order valence-electron chi connectivity index (χ1n) is 9.79. The molecule has 2 aromatic carbocycles. The maximum atomic E-state index is 10.5. The van der Waals surface area contributed by atoms with Gasteiger partial charge in [0, 0.05) is 35.8 Å². The summed E-state index contributed by atoms with van der Waals surface area (Å²) in [4.78, 5) is 4.15. The first-order valence-corrected chi connectivity index (χ1v) is 9.79. The van der Waals surface area contributed by atoms with Crippen molar-refractivity contribution >= 4 is 34.1 Å². The Morgan fingerprint density at radius 3 is 2.83 bits per heavy atom. The van der Waals surface area contributed by atoms with Crippen molar-refractivity contribution in [3.8, 4) is 0 Å². The van der Waals surface area contributed by atoms with E-state index >= 15 is 0 Å². The van der Waals surface area contributed by atoms with Crippen LogP contribution in [0.15, 0.2) is 65.4 Å². The van der Waals surface area contributed by atoms with Crippen LogP contribution in [0.5, 0.6) is 0 Å². The Bertz CT molecular complexity index is 1070. The Balaban J connectivity index is 0.00000240. The van der Waals surface area contributed by atoms with E-state index in [1.165, 1.54) is 10.9 Å².